The lowest BCUT2D eigenvalue weighted by Crippen LogP contribution is -2.30. The van der Waals surface area contributed by atoms with Crippen LogP contribution < -0.4 is 10.1 Å². The van der Waals surface area contributed by atoms with Crippen molar-refractivity contribution in [2.24, 2.45) is 0 Å². The SMILES string of the molecule is COc1cc(Br)cc(NCC(C)(O)c2ccccc2)c1. The van der Waals surface area contributed by atoms with E-state index in [1.54, 1.807) is 14.0 Å². The van der Waals surface area contributed by atoms with Gasteiger partial charge in [0.15, 0.2) is 0 Å². The molecule has 2 rings (SSSR count). The molecule has 0 saturated heterocycles. The Bertz CT molecular complexity index is 570. The number of benzene rings is 2. The van der Waals surface area contributed by atoms with Gasteiger partial charge in [0.1, 0.15) is 11.4 Å². The van der Waals surface area contributed by atoms with Crippen LogP contribution in [0.25, 0.3) is 0 Å². The van der Waals surface area contributed by atoms with Gasteiger partial charge >= 0.3 is 0 Å². The summed E-state index contributed by atoms with van der Waals surface area (Å²) in [6.07, 6.45) is 0. The smallest absolute Gasteiger partial charge is 0.122 e. The Balaban J connectivity index is 2.10. The molecule has 4 heteroatoms. The minimum atomic E-state index is -0.934. The van der Waals surface area contributed by atoms with Crippen molar-refractivity contribution in [1.29, 1.82) is 0 Å². The quantitative estimate of drug-likeness (QED) is 0.873. The minimum Gasteiger partial charge on any atom is -0.497 e. The van der Waals surface area contributed by atoms with Crippen LogP contribution in [0.5, 0.6) is 5.75 Å². The van der Waals surface area contributed by atoms with Gasteiger partial charge in [-0.15, -0.1) is 0 Å². The number of halogens is 1. The fraction of sp³-hybridized carbons (Fsp3) is 0.250. The fourth-order valence-electron chi connectivity index (χ4n) is 1.96. The number of nitrogens with one attached hydrogen (secondary N) is 1. The summed E-state index contributed by atoms with van der Waals surface area (Å²) in [5.41, 5.74) is 0.846. The van der Waals surface area contributed by atoms with Crippen LogP contribution >= 0.6 is 15.9 Å². The number of hydrogen-bond donors (Lipinski definition) is 2. The standard InChI is InChI=1S/C16H18BrNO2/c1-16(19,12-6-4-3-5-7-12)11-18-14-8-13(17)9-15(10-14)20-2/h3-10,18-19H,11H2,1-2H3. The van der Waals surface area contributed by atoms with Gasteiger partial charge in [0.05, 0.1) is 7.11 Å². The average Bonchev–Trinajstić information content (AvgIpc) is 2.45. The number of rotatable bonds is 5. The van der Waals surface area contributed by atoms with Gasteiger partial charge in [0, 0.05) is 22.8 Å². The van der Waals surface area contributed by atoms with E-state index in [2.05, 4.69) is 21.2 Å². The molecule has 0 aliphatic carbocycles. The Morgan fingerprint density at radius 2 is 1.90 bits per heavy atom. The molecule has 0 spiro atoms. The maximum absolute atomic E-state index is 10.5. The Labute approximate surface area is 127 Å². The Morgan fingerprint density at radius 1 is 1.20 bits per heavy atom. The lowest BCUT2D eigenvalue weighted by Gasteiger charge is -2.25. The molecule has 0 aliphatic rings. The summed E-state index contributed by atoms with van der Waals surface area (Å²) in [4.78, 5) is 0. The molecular weight excluding hydrogens is 318 g/mol. The van der Waals surface area contributed by atoms with Crippen molar-refractivity contribution in [2.75, 3.05) is 19.0 Å². The van der Waals surface area contributed by atoms with E-state index in [1.807, 2.05) is 48.5 Å². The van der Waals surface area contributed by atoms with Crippen molar-refractivity contribution in [3.63, 3.8) is 0 Å². The maximum atomic E-state index is 10.5. The molecule has 0 bridgehead atoms. The van der Waals surface area contributed by atoms with Crippen molar-refractivity contribution in [3.8, 4) is 5.75 Å². The Morgan fingerprint density at radius 3 is 2.55 bits per heavy atom. The molecule has 0 aromatic heterocycles. The third-order valence-electron chi connectivity index (χ3n) is 3.14. The van der Waals surface area contributed by atoms with E-state index in [0.717, 1.165) is 21.5 Å². The molecule has 0 aliphatic heterocycles. The fourth-order valence-corrected chi connectivity index (χ4v) is 2.43. The summed E-state index contributed by atoms with van der Waals surface area (Å²) in [6, 6.07) is 15.4. The Hall–Kier alpha value is -1.52. The second-order valence-corrected chi connectivity index (χ2v) is 5.79. The number of ether oxygens (including phenoxy) is 1. The highest BCUT2D eigenvalue weighted by atomic mass is 79.9. The zero-order valence-corrected chi connectivity index (χ0v) is 13.1. The number of anilines is 1. The van der Waals surface area contributed by atoms with Crippen LogP contribution in [-0.2, 0) is 5.60 Å². The number of aliphatic hydroxyl groups is 1. The number of hydrogen-bond acceptors (Lipinski definition) is 3. The summed E-state index contributed by atoms with van der Waals surface area (Å²) >= 11 is 3.44. The van der Waals surface area contributed by atoms with E-state index in [1.165, 1.54) is 0 Å². The van der Waals surface area contributed by atoms with Crippen molar-refractivity contribution < 1.29 is 9.84 Å². The van der Waals surface area contributed by atoms with Gasteiger partial charge in [-0.2, -0.15) is 0 Å². The van der Waals surface area contributed by atoms with Crippen molar-refractivity contribution in [2.45, 2.75) is 12.5 Å². The van der Waals surface area contributed by atoms with Gasteiger partial charge < -0.3 is 15.2 Å². The molecule has 20 heavy (non-hydrogen) atoms. The highest BCUT2D eigenvalue weighted by Gasteiger charge is 2.22. The predicted octanol–water partition coefficient (Wildman–Crippen LogP) is 3.78. The minimum absolute atomic E-state index is 0.413. The maximum Gasteiger partial charge on any atom is 0.122 e. The zero-order chi connectivity index (χ0) is 14.6. The first-order chi connectivity index (χ1) is 9.51. The van der Waals surface area contributed by atoms with Gasteiger partial charge in [-0.25, -0.2) is 0 Å². The highest BCUT2D eigenvalue weighted by molar-refractivity contribution is 9.10. The molecule has 2 aromatic rings. The van der Waals surface area contributed by atoms with Crippen LogP contribution in [0.15, 0.2) is 53.0 Å². The van der Waals surface area contributed by atoms with Crippen LogP contribution in [0.2, 0.25) is 0 Å². The largest absolute Gasteiger partial charge is 0.497 e. The van der Waals surface area contributed by atoms with E-state index in [9.17, 15) is 5.11 Å². The highest BCUT2D eigenvalue weighted by Crippen LogP contribution is 2.26. The molecule has 0 fully saturated rings. The van der Waals surface area contributed by atoms with Crippen LogP contribution in [0.3, 0.4) is 0 Å². The van der Waals surface area contributed by atoms with Crippen LogP contribution in [0.4, 0.5) is 5.69 Å². The average molecular weight is 336 g/mol. The van der Waals surface area contributed by atoms with E-state index >= 15 is 0 Å². The summed E-state index contributed by atoms with van der Waals surface area (Å²) in [6.45, 7) is 2.21. The molecule has 2 aromatic carbocycles. The molecular formula is C16H18BrNO2. The lowest BCUT2D eigenvalue weighted by atomic mass is 9.96. The summed E-state index contributed by atoms with van der Waals surface area (Å²) in [5.74, 6) is 0.765. The summed E-state index contributed by atoms with van der Waals surface area (Å²) in [7, 11) is 1.63. The first kappa shape index (κ1) is 14.9. The second-order valence-electron chi connectivity index (χ2n) is 4.87. The topological polar surface area (TPSA) is 41.5 Å². The van der Waals surface area contributed by atoms with Gasteiger partial charge in [-0.3, -0.25) is 0 Å². The van der Waals surface area contributed by atoms with Crippen molar-refractivity contribution in [3.05, 3.63) is 58.6 Å². The van der Waals surface area contributed by atoms with Gasteiger partial charge in [-0.1, -0.05) is 46.3 Å². The molecule has 0 saturated carbocycles. The second kappa shape index (κ2) is 6.29. The molecule has 1 atom stereocenters. The normalized spacial score (nSPS) is 13.6. The first-order valence-electron chi connectivity index (χ1n) is 6.37. The van der Waals surface area contributed by atoms with Crippen LogP contribution in [0, 0.1) is 0 Å². The lowest BCUT2D eigenvalue weighted by molar-refractivity contribution is 0.0715. The van der Waals surface area contributed by atoms with Crippen molar-refractivity contribution in [1.82, 2.24) is 0 Å². The molecule has 2 N–H and O–H groups in total. The molecule has 3 nitrogen and oxygen atoms in total. The van der Waals surface area contributed by atoms with Crippen LogP contribution in [-0.4, -0.2) is 18.8 Å². The van der Waals surface area contributed by atoms with E-state index in [4.69, 9.17) is 4.74 Å². The molecule has 0 amide bonds. The third-order valence-corrected chi connectivity index (χ3v) is 3.60. The zero-order valence-electron chi connectivity index (χ0n) is 11.6. The summed E-state index contributed by atoms with van der Waals surface area (Å²) < 4.78 is 6.15. The third kappa shape index (κ3) is 3.74. The van der Waals surface area contributed by atoms with E-state index < -0.39 is 5.60 Å². The molecule has 106 valence electrons. The van der Waals surface area contributed by atoms with Gasteiger partial charge in [0.25, 0.3) is 0 Å². The molecule has 0 radical (unpaired) electrons. The molecule has 1 unspecified atom stereocenters. The predicted molar refractivity (Wildman–Crippen MR) is 85.2 cm³/mol. The number of methoxy groups -OCH3 is 1. The van der Waals surface area contributed by atoms with Gasteiger partial charge in [0.2, 0.25) is 0 Å². The van der Waals surface area contributed by atoms with Gasteiger partial charge in [-0.05, 0) is 24.6 Å². The first-order valence-corrected chi connectivity index (χ1v) is 7.17. The molecule has 0 heterocycles. The van der Waals surface area contributed by atoms with Crippen molar-refractivity contribution >= 4 is 21.6 Å². The Kier molecular flexibility index (Phi) is 4.68. The summed E-state index contributed by atoms with van der Waals surface area (Å²) in [5, 5.41) is 13.8. The van der Waals surface area contributed by atoms with E-state index in [-0.39, 0.29) is 0 Å². The monoisotopic (exact) mass is 335 g/mol. The van der Waals surface area contributed by atoms with E-state index in [0.29, 0.717) is 6.54 Å². The van der Waals surface area contributed by atoms with Crippen LogP contribution in [0.1, 0.15) is 12.5 Å².